The van der Waals surface area contributed by atoms with E-state index in [0.717, 1.165) is 37.4 Å². The molecule has 9 heteroatoms. The van der Waals surface area contributed by atoms with Gasteiger partial charge < -0.3 is 9.47 Å². The molecule has 2 aliphatic rings. The number of nitrogens with zero attached hydrogens (tertiary/aromatic N) is 5. The molecule has 5 rings (SSSR count). The van der Waals surface area contributed by atoms with Crippen LogP contribution in [-0.2, 0) is 20.1 Å². The molecule has 1 saturated carbocycles. The Morgan fingerprint density at radius 3 is 2.53 bits per heavy atom. The van der Waals surface area contributed by atoms with Gasteiger partial charge in [-0.1, -0.05) is 55.5 Å². The molecule has 1 atom stereocenters. The number of hydrogen-bond acceptors (Lipinski definition) is 4. The summed E-state index contributed by atoms with van der Waals surface area (Å²) in [6, 6.07) is 5.59. The van der Waals surface area contributed by atoms with Gasteiger partial charge in [0.1, 0.15) is 0 Å². The number of fused-ring (bicyclic) bond motifs is 3. The van der Waals surface area contributed by atoms with Gasteiger partial charge in [0.05, 0.1) is 16.6 Å². The number of imidazole rings is 1. The molecule has 0 bridgehead atoms. The summed E-state index contributed by atoms with van der Waals surface area (Å²) in [5, 5.41) is 0.835. The summed E-state index contributed by atoms with van der Waals surface area (Å²) < 4.78 is 4.79. The van der Waals surface area contributed by atoms with E-state index in [1.807, 2.05) is 4.57 Å². The van der Waals surface area contributed by atoms with Crippen molar-refractivity contribution < 1.29 is 0 Å². The summed E-state index contributed by atoms with van der Waals surface area (Å²) in [5.74, 6) is 1.21. The Morgan fingerprint density at radius 2 is 1.81 bits per heavy atom. The molecule has 3 aromatic rings. The van der Waals surface area contributed by atoms with Crippen LogP contribution in [0.2, 0.25) is 10.0 Å². The highest BCUT2D eigenvalue weighted by atomic mass is 35.5. The van der Waals surface area contributed by atoms with Crippen LogP contribution in [0.15, 0.2) is 27.8 Å². The molecule has 1 aliphatic carbocycles. The molecule has 7 nitrogen and oxygen atoms in total. The third-order valence-corrected chi connectivity index (χ3v) is 7.55. The van der Waals surface area contributed by atoms with E-state index < -0.39 is 0 Å². The molecule has 0 radical (unpaired) electrons. The lowest BCUT2D eigenvalue weighted by molar-refractivity contribution is 0.354. The van der Waals surface area contributed by atoms with Gasteiger partial charge in [-0.25, -0.2) is 4.79 Å². The molecule has 1 aliphatic heterocycles. The molecular formula is C23H27Cl2N5O2. The minimum atomic E-state index is -0.388. The number of halogens is 2. The van der Waals surface area contributed by atoms with Crippen molar-refractivity contribution in [3.63, 3.8) is 0 Å². The summed E-state index contributed by atoms with van der Waals surface area (Å²) in [7, 11) is 1.68. The SMILES string of the molecule is C[C@@H]1CN(C2CCCCC2)c2nc3c(c(=O)n(Cc4ccc(Cl)c(Cl)c4)c(=O)n3C)n2C1. The Bertz CT molecular complexity index is 1300. The predicted molar refractivity (Wildman–Crippen MR) is 128 cm³/mol. The molecular weight excluding hydrogens is 449 g/mol. The Morgan fingerprint density at radius 1 is 1.06 bits per heavy atom. The van der Waals surface area contributed by atoms with Crippen molar-refractivity contribution in [2.45, 2.75) is 58.2 Å². The number of aromatic nitrogens is 4. The standard InChI is InChI=1S/C23H27Cl2N5O2/c1-14-11-28(16-6-4-3-5-7-16)22-26-20-19(29(22)12-14)21(31)30(23(32)27(20)2)13-15-8-9-17(24)18(25)10-15/h8-10,14,16H,3-7,11-13H2,1-2H3/t14-/m1/s1. The van der Waals surface area contributed by atoms with E-state index >= 15 is 0 Å². The lowest BCUT2D eigenvalue weighted by atomic mass is 9.93. The molecule has 1 fully saturated rings. The zero-order valence-electron chi connectivity index (χ0n) is 18.4. The molecule has 32 heavy (non-hydrogen) atoms. The van der Waals surface area contributed by atoms with Gasteiger partial charge in [0, 0.05) is 26.2 Å². The Kier molecular flexibility index (Phi) is 5.58. The van der Waals surface area contributed by atoms with Gasteiger partial charge in [0.2, 0.25) is 5.95 Å². The summed E-state index contributed by atoms with van der Waals surface area (Å²) >= 11 is 12.2. The first-order valence-electron chi connectivity index (χ1n) is 11.3. The van der Waals surface area contributed by atoms with Gasteiger partial charge in [-0.05, 0) is 36.5 Å². The summed E-state index contributed by atoms with van der Waals surface area (Å²) in [5.41, 5.74) is 0.991. The van der Waals surface area contributed by atoms with E-state index in [0.29, 0.717) is 33.2 Å². The van der Waals surface area contributed by atoms with Crippen molar-refractivity contribution in [1.29, 1.82) is 0 Å². The Hall–Kier alpha value is -2.25. The molecule has 1 aromatic carbocycles. The Labute approximate surface area is 196 Å². The molecule has 0 N–H and O–H groups in total. The highest BCUT2D eigenvalue weighted by molar-refractivity contribution is 6.42. The molecule has 2 aromatic heterocycles. The fraction of sp³-hybridized carbons (Fsp3) is 0.522. The van der Waals surface area contributed by atoms with E-state index in [2.05, 4.69) is 11.8 Å². The van der Waals surface area contributed by atoms with Gasteiger partial charge in [-0.15, -0.1) is 0 Å². The molecule has 0 saturated heterocycles. The second-order valence-electron chi connectivity index (χ2n) is 9.23. The van der Waals surface area contributed by atoms with Crippen LogP contribution in [0.4, 0.5) is 5.95 Å². The van der Waals surface area contributed by atoms with Crippen molar-refractivity contribution in [2.24, 2.45) is 13.0 Å². The number of anilines is 1. The summed E-state index contributed by atoms with van der Waals surface area (Å²) in [4.78, 5) is 33.9. The predicted octanol–water partition coefficient (Wildman–Crippen LogP) is 4.04. The molecule has 0 spiro atoms. The van der Waals surface area contributed by atoms with Crippen molar-refractivity contribution in [3.05, 3.63) is 54.6 Å². The third kappa shape index (κ3) is 3.55. The zero-order valence-corrected chi connectivity index (χ0v) is 19.9. The lowest BCUT2D eigenvalue weighted by Crippen LogP contribution is -2.45. The first-order chi connectivity index (χ1) is 15.3. The van der Waals surface area contributed by atoms with Gasteiger partial charge in [0.25, 0.3) is 5.56 Å². The van der Waals surface area contributed by atoms with E-state index in [-0.39, 0.29) is 17.8 Å². The van der Waals surface area contributed by atoms with Crippen LogP contribution < -0.4 is 16.1 Å². The molecule has 3 heterocycles. The lowest BCUT2D eigenvalue weighted by Gasteiger charge is -2.40. The monoisotopic (exact) mass is 475 g/mol. The van der Waals surface area contributed by atoms with Crippen LogP contribution in [0.25, 0.3) is 11.2 Å². The van der Waals surface area contributed by atoms with Crippen molar-refractivity contribution >= 4 is 40.3 Å². The van der Waals surface area contributed by atoms with Gasteiger partial charge in [-0.3, -0.25) is 13.9 Å². The minimum absolute atomic E-state index is 0.126. The number of rotatable bonds is 3. The van der Waals surface area contributed by atoms with Crippen LogP contribution >= 0.6 is 23.2 Å². The number of aryl methyl sites for hydroxylation is 1. The minimum Gasteiger partial charge on any atom is -0.339 e. The largest absolute Gasteiger partial charge is 0.339 e. The van der Waals surface area contributed by atoms with Crippen molar-refractivity contribution in [3.8, 4) is 0 Å². The van der Waals surface area contributed by atoms with E-state index in [1.165, 1.54) is 28.4 Å². The maximum absolute atomic E-state index is 13.6. The van der Waals surface area contributed by atoms with Crippen molar-refractivity contribution in [1.82, 2.24) is 18.7 Å². The van der Waals surface area contributed by atoms with Crippen LogP contribution in [0.1, 0.15) is 44.6 Å². The summed E-state index contributed by atoms with van der Waals surface area (Å²) in [6.07, 6.45) is 6.03. The zero-order chi connectivity index (χ0) is 22.6. The normalized spacial score (nSPS) is 19.5. The average molecular weight is 476 g/mol. The number of benzene rings is 1. The Balaban J connectivity index is 1.66. The highest BCUT2D eigenvalue weighted by Gasteiger charge is 2.33. The van der Waals surface area contributed by atoms with Gasteiger partial charge >= 0.3 is 5.69 Å². The first kappa shape index (κ1) is 21.6. The maximum atomic E-state index is 13.6. The second kappa shape index (κ2) is 8.27. The van der Waals surface area contributed by atoms with Crippen LogP contribution in [0, 0.1) is 5.92 Å². The number of hydrogen-bond donors (Lipinski definition) is 0. The van der Waals surface area contributed by atoms with E-state index in [4.69, 9.17) is 28.2 Å². The van der Waals surface area contributed by atoms with Gasteiger partial charge in [-0.2, -0.15) is 4.98 Å². The fourth-order valence-corrected chi connectivity index (χ4v) is 5.52. The molecule has 0 unspecified atom stereocenters. The average Bonchev–Trinajstić information content (AvgIpc) is 3.17. The first-order valence-corrected chi connectivity index (χ1v) is 12.0. The van der Waals surface area contributed by atoms with Crippen molar-refractivity contribution in [2.75, 3.05) is 11.4 Å². The van der Waals surface area contributed by atoms with Crippen LogP contribution in [0.5, 0.6) is 0 Å². The summed E-state index contributed by atoms with van der Waals surface area (Å²) in [6.45, 7) is 3.98. The topological polar surface area (TPSA) is 65.1 Å². The second-order valence-corrected chi connectivity index (χ2v) is 10.0. The highest BCUT2D eigenvalue weighted by Crippen LogP contribution is 2.33. The smallest absolute Gasteiger partial charge is 0.332 e. The van der Waals surface area contributed by atoms with E-state index in [1.54, 1.807) is 25.2 Å². The van der Waals surface area contributed by atoms with Crippen LogP contribution in [-0.4, -0.2) is 31.3 Å². The maximum Gasteiger partial charge on any atom is 0.332 e. The molecule has 0 amide bonds. The third-order valence-electron chi connectivity index (χ3n) is 6.81. The van der Waals surface area contributed by atoms with E-state index in [9.17, 15) is 9.59 Å². The van der Waals surface area contributed by atoms with Gasteiger partial charge in [0.15, 0.2) is 11.2 Å². The molecule has 170 valence electrons. The fourth-order valence-electron chi connectivity index (χ4n) is 5.20. The quantitative estimate of drug-likeness (QED) is 0.573. The van der Waals surface area contributed by atoms with Crippen LogP contribution in [0.3, 0.4) is 0 Å².